The average Bonchev–Trinajstić information content (AvgIpc) is 2.65. The van der Waals surface area contributed by atoms with Gasteiger partial charge in [0.25, 0.3) is 0 Å². The molecule has 3 rings (SSSR count). The lowest BCUT2D eigenvalue weighted by atomic mass is 9.95. The molecule has 0 N–H and O–H groups in total. The van der Waals surface area contributed by atoms with Crippen molar-refractivity contribution in [3.63, 3.8) is 0 Å². The molecule has 0 radical (unpaired) electrons. The lowest BCUT2D eigenvalue weighted by Crippen LogP contribution is -2.42. The number of halogens is 7. The molecule has 30 heavy (non-hydrogen) atoms. The van der Waals surface area contributed by atoms with Crippen molar-refractivity contribution in [2.75, 3.05) is 0 Å². The summed E-state index contributed by atoms with van der Waals surface area (Å²) < 4.78 is 92.3. The summed E-state index contributed by atoms with van der Waals surface area (Å²) >= 11 is -0.157. The standard InChI is InChI=1S/C22H17F7S/c1-13(15-7-9-18(10-8-15)21(25,26)27)3-4-14(2)16-5-6-17-12-20(23,24)22(28,29)30-19(17)11-16/h5-11H,1-4,12H2. The number of allylic oxidation sites excluding steroid dienone is 2. The topological polar surface area (TPSA) is 0 Å². The van der Waals surface area contributed by atoms with E-state index in [1.165, 1.54) is 24.3 Å². The predicted octanol–water partition coefficient (Wildman–Crippen LogP) is 8.09. The molecule has 0 atom stereocenters. The molecule has 2 aromatic carbocycles. The van der Waals surface area contributed by atoms with Crippen molar-refractivity contribution >= 4 is 22.9 Å². The maximum atomic E-state index is 13.6. The maximum Gasteiger partial charge on any atom is 0.416 e. The van der Waals surface area contributed by atoms with E-state index in [-0.39, 0.29) is 22.2 Å². The van der Waals surface area contributed by atoms with Crippen LogP contribution in [0.5, 0.6) is 0 Å². The van der Waals surface area contributed by atoms with Crippen LogP contribution < -0.4 is 0 Å². The van der Waals surface area contributed by atoms with E-state index >= 15 is 0 Å². The third kappa shape index (κ3) is 4.58. The highest BCUT2D eigenvalue weighted by Crippen LogP contribution is 2.53. The Kier molecular flexibility index (Phi) is 5.84. The summed E-state index contributed by atoms with van der Waals surface area (Å²) in [4.78, 5) is 0.0890. The third-order valence-electron chi connectivity index (χ3n) is 4.90. The van der Waals surface area contributed by atoms with Crippen molar-refractivity contribution in [1.29, 1.82) is 0 Å². The van der Waals surface area contributed by atoms with E-state index in [9.17, 15) is 30.7 Å². The van der Waals surface area contributed by atoms with Crippen LogP contribution in [0.2, 0.25) is 0 Å². The van der Waals surface area contributed by atoms with E-state index in [0.717, 1.165) is 12.1 Å². The Hall–Kier alpha value is -2.22. The largest absolute Gasteiger partial charge is 0.416 e. The summed E-state index contributed by atoms with van der Waals surface area (Å²) in [5.41, 5.74) is 1.69. The van der Waals surface area contributed by atoms with Crippen LogP contribution in [0.1, 0.15) is 35.1 Å². The van der Waals surface area contributed by atoms with Gasteiger partial charge in [-0.3, -0.25) is 0 Å². The molecule has 1 aliphatic heterocycles. The summed E-state index contributed by atoms with van der Waals surface area (Å²) in [5.74, 6) is -4.11. The second kappa shape index (κ2) is 7.80. The number of thioether (sulfide) groups is 1. The van der Waals surface area contributed by atoms with Gasteiger partial charge in [-0.1, -0.05) is 37.4 Å². The van der Waals surface area contributed by atoms with Crippen molar-refractivity contribution in [2.24, 2.45) is 0 Å². The molecule has 0 saturated heterocycles. The second-order valence-electron chi connectivity index (χ2n) is 7.10. The molecule has 0 fully saturated rings. The molecule has 1 heterocycles. The van der Waals surface area contributed by atoms with Gasteiger partial charge in [-0.05, 0) is 70.6 Å². The number of hydrogen-bond acceptors (Lipinski definition) is 1. The minimum Gasteiger partial charge on any atom is -0.198 e. The van der Waals surface area contributed by atoms with Crippen molar-refractivity contribution < 1.29 is 30.7 Å². The van der Waals surface area contributed by atoms with Crippen LogP contribution in [0, 0.1) is 0 Å². The summed E-state index contributed by atoms with van der Waals surface area (Å²) in [7, 11) is 0. The van der Waals surface area contributed by atoms with Crippen LogP contribution in [0.4, 0.5) is 30.7 Å². The van der Waals surface area contributed by atoms with Gasteiger partial charge in [0.15, 0.2) is 0 Å². The van der Waals surface area contributed by atoms with Crippen molar-refractivity contribution in [3.8, 4) is 0 Å². The molecular formula is C22H17F7S. The molecule has 160 valence electrons. The van der Waals surface area contributed by atoms with Crippen LogP contribution in [0.25, 0.3) is 11.1 Å². The normalized spacial score (nSPS) is 17.3. The Balaban J connectivity index is 1.66. The van der Waals surface area contributed by atoms with Gasteiger partial charge in [0.1, 0.15) is 0 Å². The Morgan fingerprint density at radius 1 is 0.867 bits per heavy atom. The molecule has 8 heteroatoms. The molecule has 0 spiro atoms. The van der Waals surface area contributed by atoms with Crippen LogP contribution >= 0.6 is 11.8 Å². The van der Waals surface area contributed by atoms with E-state index < -0.39 is 29.3 Å². The first-order valence-corrected chi connectivity index (χ1v) is 9.73. The van der Waals surface area contributed by atoms with Crippen molar-refractivity contribution in [1.82, 2.24) is 0 Å². The molecule has 0 aliphatic carbocycles. The van der Waals surface area contributed by atoms with Crippen LogP contribution in [0.3, 0.4) is 0 Å². The minimum atomic E-state index is -4.42. The van der Waals surface area contributed by atoms with Gasteiger partial charge < -0.3 is 0 Å². The monoisotopic (exact) mass is 446 g/mol. The van der Waals surface area contributed by atoms with Crippen LogP contribution in [-0.2, 0) is 12.6 Å². The molecule has 0 unspecified atom stereocenters. The summed E-state index contributed by atoms with van der Waals surface area (Å²) in [6.07, 6.45) is -4.67. The average molecular weight is 446 g/mol. The molecule has 0 bridgehead atoms. The number of fused-ring (bicyclic) bond motifs is 1. The predicted molar refractivity (Wildman–Crippen MR) is 105 cm³/mol. The Labute approximate surface area is 173 Å². The fourth-order valence-corrected chi connectivity index (χ4v) is 4.01. The van der Waals surface area contributed by atoms with Crippen molar-refractivity contribution in [2.45, 2.75) is 41.5 Å². The molecule has 0 saturated carbocycles. The first kappa shape index (κ1) is 22.5. The van der Waals surface area contributed by atoms with Crippen LogP contribution in [0.15, 0.2) is 60.5 Å². The zero-order chi connectivity index (χ0) is 22.3. The van der Waals surface area contributed by atoms with Crippen molar-refractivity contribution in [3.05, 3.63) is 77.9 Å². The lowest BCUT2D eigenvalue weighted by molar-refractivity contribution is -0.153. The molecule has 0 nitrogen and oxygen atoms in total. The third-order valence-corrected chi connectivity index (χ3v) is 6.06. The fraction of sp³-hybridized carbons (Fsp3) is 0.273. The van der Waals surface area contributed by atoms with Gasteiger partial charge in [0.05, 0.1) is 5.56 Å². The van der Waals surface area contributed by atoms with Crippen LogP contribution in [-0.4, -0.2) is 11.2 Å². The zero-order valence-electron chi connectivity index (χ0n) is 15.6. The van der Waals surface area contributed by atoms with Gasteiger partial charge in [-0.15, -0.1) is 0 Å². The number of alkyl halides is 7. The summed E-state index contributed by atoms with van der Waals surface area (Å²) in [6.45, 7) is 7.79. The highest BCUT2D eigenvalue weighted by molar-refractivity contribution is 8.00. The second-order valence-corrected chi connectivity index (χ2v) is 8.26. The maximum absolute atomic E-state index is 13.6. The van der Waals surface area contributed by atoms with E-state index in [0.29, 0.717) is 35.1 Å². The van der Waals surface area contributed by atoms with Gasteiger partial charge in [0, 0.05) is 11.3 Å². The molecule has 0 aromatic heterocycles. The fourth-order valence-electron chi connectivity index (χ4n) is 3.06. The van der Waals surface area contributed by atoms with E-state index in [1.54, 1.807) is 6.07 Å². The first-order valence-electron chi connectivity index (χ1n) is 8.91. The molecular weight excluding hydrogens is 429 g/mol. The van der Waals surface area contributed by atoms with E-state index in [4.69, 9.17) is 0 Å². The van der Waals surface area contributed by atoms with Gasteiger partial charge in [-0.25, -0.2) is 0 Å². The Morgan fingerprint density at radius 3 is 1.97 bits per heavy atom. The zero-order valence-corrected chi connectivity index (χ0v) is 16.4. The number of benzene rings is 2. The highest BCUT2D eigenvalue weighted by Gasteiger charge is 2.59. The molecule has 1 aliphatic rings. The lowest BCUT2D eigenvalue weighted by Gasteiger charge is -2.31. The Morgan fingerprint density at radius 2 is 1.40 bits per heavy atom. The molecule has 2 aromatic rings. The van der Waals surface area contributed by atoms with E-state index in [2.05, 4.69) is 13.2 Å². The summed E-state index contributed by atoms with van der Waals surface area (Å²) in [6, 6.07) is 9.01. The Bertz CT molecular complexity index is 972. The summed E-state index contributed by atoms with van der Waals surface area (Å²) in [5, 5.41) is -4.18. The van der Waals surface area contributed by atoms with Gasteiger partial charge in [-0.2, -0.15) is 30.7 Å². The quantitative estimate of drug-likeness (QED) is 0.418. The number of hydrogen-bond donors (Lipinski definition) is 0. The van der Waals surface area contributed by atoms with Gasteiger partial charge >= 0.3 is 17.4 Å². The smallest absolute Gasteiger partial charge is 0.198 e. The van der Waals surface area contributed by atoms with Gasteiger partial charge in [0.2, 0.25) is 0 Å². The molecule has 0 amide bonds. The number of rotatable bonds is 5. The highest BCUT2D eigenvalue weighted by atomic mass is 32.2. The SMILES string of the molecule is C=C(CCC(=C)c1ccc2c(c1)SC(F)(F)C(F)(F)C2)c1ccc(C(F)(F)F)cc1. The van der Waals surface area contributed by atoms with E-state index in [1.807, 2.05) is 0 Å². The minimum absolute atomic E-state index is 0.0890. The first-order chi connectivity index (χ1) is 13.8.